The number of halogens is 1. The van der Waals surface area contributed by atoms with Crippen LogP contribution in [-0.4, -0.2) is 67.4 Å². The van der Waals surface area contributed by atoms with Crippen LogP contribution in [0.5, 0.6) is 0 Å². The third-order valence-corrected chi connectivity index (χ3v) is 5.23. The highest BCUT2D eigenvalue weighted by molar-refractivity contribution is 9.10. The Balaban J connectivity index is 1.45. The lowest BCUT2D eigenvalue weighted by molar-refractivity contribution is 0.122. The lowest BCUT2D eigenvalue weighted by Crippen LogP contribution is -2.47. The van der Waals surface area contributed by atoms with Crippen LogP contribution in [0, 0.1) is 6.92 Å². The highest BCUT2D eigenvalue weighted by atomic mass is 79.9. The van der Waals surface area contributed by atoms with Crippen LogP contribution in [-0.2, 0) is 4.74 Å². The van der Waals surface area contributed by atoms with Gasteiger partial charge < -0.3 is 19.4 Å². The van der Waals surface area contributed by atoms with Crippen molar-refractivity contribution in [2.75, 3.05) is 67.2 Å². The summed E-state index contributed by atoms with van der Waals surface area (Å²) in [6, 6.07) is 6.18. The topological polar surface area (TPSA) is 57.6 Å². The van der Waals surface area contributed by atoms with Crippen LogP contribution in [0.15, 0.2) is 28.9 Å². The molecule has 26 heavy (non-hydrogen) atoms. The Morgan fingerprint density at radius 3 is 2.23 bits per heavy atom. The Kier molecular flexibility index (Phi) is 5.21. The Morgan fingerprint density at radius 1 is 0.885 bits per heavy atom. The van der Waals surface area contributed by atoms with Gasteiger partial charge in [0.25, 0.3) is 0 Å². The number of piperazine rings is 1. The molecule has 2 fully saturated rings. The average Bonchev–Trinajstić information content (AvgIpc) is 2.69. The Hall–Kier alpha value is -1.93. The largest absolute Gasteiger partial charge is 0.378 e. The predicted molar refractivity (Wildman–Crippen MR) is 106 cm³/mol. The molecule has 7 nitrogen and oxygen atoms in total. The van der Waals surface area contributed by atoms with Crippen molar-refractivity contribution in [1.82, 2.24) is 15.0 Å². The highest BCUT2D eigenvalue weighted by Crippen LogP contribution is 2.22. The number of aromatic nitrogens is 3. The summed E-state index contributed by atoms with van der Waals surface area (Å²) in [6.07, 6.45) is 1.85. The van der Waals surface area contributed by atoms with Gasteiger partial charge >= 0.3 is 0 Å². The molecule has 0 spiro atoms. The van der Waals surface area contributed by atoms with Gasteiger partial charge in [0.15, 0.2) is 0 Å². The minimum atomic E-state index is 0.742. The van der Waals surface area contributed by atoms with Crippen LogP contribution in [0.1, 0.15) is 5.69 Å². The molecular weight excluding hydrogens is 396 g/mol. The number of nitrogens with zero attached hydrogens (tertiary/aromatic N) is 6. The molecule has 2 aliphatic rings. The van der Waals surface area contributed by atoms with E-state index in [0.717, 1.165) is 80.2 Å². The van der Waals surface area contributed by atoms with Crippen molar-refractivity contribution in [2.45, 2.75) is 6.92 Å². The first-order valence-corrected chi connectivity index (χ1v) is 9.78. The van der Waals surface area contributed by atoms with E-state index >= 15 is 0 Å². The molecule has 4 heterocycles. The van der Waals surface area contributed by atoms with Gasteiger partial charge in [-0.05, 0) is 35.0 Å². The van der Waals surface area contributed by atoms with Crippen LogP contribution in [0.4, 0.5) is 17.6 Å². The molecule has 0 bridgehead atoms. The van der Waals surface area contributed by atoms with Crippen LogP contribution >= 0.6 is 15.9 Å². The Labute approximate surface area is 162 Å². The predicted octanol–water partition coefficient (Wildman–Crippen LogP) is 2.11. The third kappa shape index (κ3) is 3.91. The van der Waals surface area contributed by atoms with Crippen molar-refractivity contribution in [1.29, 1.82) is 0 Å². The SMILES string of the molecule is Cc1cc(N2CCN(c3ccc(Br)cn3)CC2)nc(N2CCOCC2)n1. The first-order valence-electron chi connectivity index (χ1n) is 8.99. The van der Waals surface area contributed by atoms with Gasteiger partial charge in [0, 0.05) is 61.7 Å². The second-order valence-electron chi connectivity index (χ2n) is 6.58. The number of morpholine rings is 1. The molecule has 8 heteroatoms. The molecule has 2 aromatic rings. The van der Waals surface area contributed by atoms with E-state index in [1.807, 2.05) is 19.2 Å². The summed E-state index contributed by atoms with van der Waals surface area (Å²) in [5, 5.41) is 0. The van der Waals surface area contributed by atoms with E-state index in [2.05, 4.69) is 52.7 Å². The monoisotopic (exact) mass is 418 g/mol. The number of pyridine rings is 1. The summed E-state index contributed by atoms with van der Waals surface area (Å²) in [5.41, 5.74) is 1.01. The van der Waals surface area contributed by atoms with E-state index in [0.29, 0.717) is 0 Å². The lowest BCUT2D eigenvalue weighted by Gasteiger charge is -2.36. The van der Waals surface area contributed by atoms with Crippen LogP contribution in [0.2, 0.25) is 0 Å². The molecule has 2 aromatic heterocycles. The van der Waals surface area contributed by atoms with Crippen molar-refractivity contribution < 1.29 is 4.74 Å². The summed E-state index contributed by atoms with van der Waals surface area (Å²) in [6.45, 7) is 8.95. The lowest BCUT2D eigenvalue weighted by atomic mass is 10.3. The smallest absolute Gasteiger partial charge is 0.227 e. The summed E-state index contributed by atoms with van der Waals surface area (Å²) in [4.78, 5) is 20.8. The van der Waals surface area contributed by atoms with Crippen molar-refractivity contribution in [3.63, 3.8) is 0 Å². The number of aryl methyl sites for hydroxylation is 1. The Bertz CT molecular complexity index is 742. The average molecular weight is 419 g/mol. The molecule has 0 N–H and O–H groups in total. The van der Waals surface area contributed by atoms with Gasteiger partial charge in [0.05, 0.1) is 13.2 Å². The zero-order chi connectivity index (χ0) is 17.9. The molecule has 0 atom stereocenters. The van der Waals surface area contributed by atoms with Crippen LogP contribution in [0.3, 0.4) is 0 Å². The standard InChI is InChI=1S/C18H23BrN6O/c1-14-12-17(22-18(21-14)25-8-10-26-11-9-25)24-6-4-23(5-7-24)16-3-2-15(19)13-20-16/h2-3,12-13H,4-11H2,1H3. The minimum Gasteiger partial charge on any atom is -0.378 e. The molecule has 2 aliphatic heterocycles. The van der Waals surface area contributed by atoms with E-state index in [9.17, 15) is 0 Å². The maximum absolute atomic E-state index is 5.44. The summed E-state index contributed by atoms with van der Waals surface area (Å²) in [7, 11) is 0. The molecular formula is C18H23BrN6O. The second-order valence-corrected chi connectivity index (χ2v) is 7.49. The highest BCUT2D eigenvalue weighted by Gasteiger charge is 2.21. The molecule has 4 rings (SSSR count). The number of rotatable bonds is 3. The maximum Gasteiger partial charge on any atom is 0.227 e. The number of hydrogen-bond acceptors (Lipinski definition) is 7. The maximum atomic E-state index is 5.44. The van der Waals surface area contributed by atoms with Gasteiger partial charge in [-0.15, -0.1) is 0 Å². The van der Waals surface area contributed by atoms with Crippen LogP contribution in [0.25, 0.3) is 0 Å². The Morgan fingerprint density at radius 2 is 1.58 bits per heavy atom. The van der Waals surface area contributed by atoms with Gasteiger partial charge in [-0.2, -0.15) is 4.98 Å². The second kappa shape index (κ2) is 7.75. The van der Waals surface area contributed by atoms with E-state index in [1.165, 1.54) is 0 Å². The quantitative estimate of drug-likeness (QED) is 0.756. The zero-order valence-corrected chi connectivity index (χ0v) is 16.5. The van der Waals surface area contributed by atoms with Gasteiger partial charge in [-0.1, -0.05) is 0 Å². The normalized spacial score (nSPS) is 18.3. The van der Waals surface area contributed by atoms with Crippen molar-refractivity contribution in [3.05, 3.63) is 34.6 Å². The van der Waals surface area contributed by atoms with Gasteiger partial charge in [-0.3, -0.25) is 0 Å². The zero-order valence-electron chi connectivity index (χ0n) is 14.9. The van der Waals surface area contributed by atoms with Crippen molar-refractivity contribution in [3.8, 4) is 0 Å². The summed E-state index contributed by atoms with van der Waals surface area (Å²) in [5.74, 6) is 2.86. The van der Waals surface area contributed by atoms with Crippen LogP contribution < -0.4 is 14.7 Å². The fourth-order valence-electron chi connectivity index (χ4n) is 3.32. The minimum absolute atomic E-state index is 0.742. The first-order chi connectivity index (χ1) is 12.7. The van der Waals surface area contributed by atoms with Gasteiger partial charge in [0.1, 0.15) is 11.6 Å². The fourth-order valence-corrected chi connectivity index (χ4v) is 3.56. The molecule has 138 valence electrons. The van der Waals surface area contributed by atoms with Gasteiger partial charge in [0.2, 0.25) is 5.95 Å². The van der Waals surface area contributed by atoms with E-state index in [1.54, 1.807) is 0 Å². The van der Waals surface area contributed by atoms with Crippen molar-refractivity contribution in [2.24, 2.45) is 0 Å². The molecule has 2 saturated heterocycles. The molecule has 0 aliphatic carbocycles. The van der Waals surface area contributed by atoms with E-state index < -0.39 is 0 Å². The van der Waals surface area contributed by atoms with E-state index in [4.69, 9.17) is 9.72 Å². The molecule has 0 amide bonds. The third-order valence-electron chi connectivity index (χ3n) is 4.76. The van der Waals surface area contributed by atoms with Crippen molar-refractivity contribution >= 4 is 33.5 Å². The van der Waals surface area contributed by atoms with Gasteiger partial charge in [-0.25, -0.2) is 9.97 Å². The molecule has 0 unspecified atom stereocenters. The first kappa shape index (κ1) is 17.5. The summed E-state index contributed by atoms with van der Waals surface area (Å²) < 4.78 is 6.44. The summed E-state index contributed by atoms with van der Waals surface area (Å²) >= 11 is 3.44. The number of hydrogen-bond donors (Lipinski definition) is 0. The molecule has 0 radical (unpaired) electrons. The number of ether oxygens (including phenoxy) is 1. The number of anilines is 3. The fraction of sp³-hybridized carbons (Fsp3) is 0.500. The molecule has 0 aromatic carbocycles. The molecule has 0 saturated carbocycles. The van der Waals surface area contributed by atoms with E-state index in [-0.39, 0.29) is 0 Å².